The first kappa shape index (κ1) is 12.8. The van der Waals surface area contributed by atoms with E-state index < -0.39 is 0 Å². The molecule has 0 aromatic carbocycles. The first-order chi connectivity index (χ1) is 8.45. The van der Waals surface area contributed by atoms with Gasteiger partial charge in [0.2, 0.25) is 0 Å². The van der Waals surface area contributed by atoms with Crippen molar-refractivity contribution >= 4 is 0 Å². The molecule has 5 nitrogen and oxygen atoms in total. The van der Waals surface area contributed by atoms with Crippen molar-refractivity contribution in [2.75, 3.05) is 7.05 Å². The lowest BCUT2D eigenvalue weighted by molar-refractivity contribution is 0.307. The van der Waals surface area contributed by atoms with E-state index in [9.17, 15) is 0 Å². The fourth-order valence-electron chi connectivity index (χ4n) is 1.81. The molecule has 0 bridgehead atoms. The minimum Gasteiger partial charge on any atom is -0.348 e. The van der Waals surface area contributed by atoms with Crippen LogP contribution in [0.2, 0.25) is 0 Å². The number of aromatic nitrogens is 4. The third kappa shape index (κ3) is 3.20. The summed E-state index contributed by atoms with van der Waals surface area (Å²) in [5.74, 6) is 0.980. The minimum atomic E-state index is 0.0916. The fourth-order valence-corrected chi connectivity index (χ4v) is 1.81. The fraction of sp³-hybridized carbons (Fsp3) is 0.538. The summed E-state index contributed by atoms with van der Waals surface area (Å²) in [4.78, 5) is 9.52. The molecule has 0 fully saturated rings. The van der Waals surface area contributed by atoms with Gasteiger partial charge in [-0.05, 0) is 13.1 Å². The largest absolute Gasteiger partial charge is 0.348 e. The molecular formula is C13H21N5. The first-order valence-electron chi connectivity index (χ1n) is 6.17. The molecule has 98 valence electrons. The average molecular weight is 247 g/mol. The summed E-state index contributed by atoms with van der Waals surface area (Å²) in [6, 6.07) is 2.14. The summed E-state index contributed by atoms with van der Waals surface area (Å²) in [7, 11) is 2.07. The summed E-state index contributed by atoms with van der Waals surface area (Å²) < 4.78 is 0. The lowest BCUT2D eigenvalue weighted by atomic mass is 9.92. The summed E-state index contributed by atoms with van der Waals surface area (Å²) in [5.41, 5.74) is 2.33. The van der Waals surface area contributed by atoms with Gasteiger partial charge in [-0.1, -0.05) is 20.8 Å². The van der Waals surface area contributed by atoms with Crippen LogP contribution >= 0.6 is 0 Å². The Bertz CT molecular complexity index is 478. The van der Waals surface area contributed by atoms with Gasteiger partial charge in [0.05, 0.1) is 12.2 Å². The van der Waals surface area contributed by atoms with Gasteiger partial charge in [0.15, 0.2) is 0 Å². The van der Waals surface area contributed by atoms with Gasteiger partial charge in [-0.15, -0.1) is 0 Å². The predicted octanol–water partition coefficient (Wildman–Crippen LogP) is 2.06. The van der Waals surface area contributed by atoms with Crippen molar-refractivity contribution in [3.8, 4) is 0 Å². The van der Waals surface area contributed by atoms with Crippen molar-refractivity contribution in [2.24, 2.45) is 0 Å². The number of rotatable bonds is 4. The van der Waals surface area contributed by atoms with Gasteiger partial charge in [-0.3, -0.25) is 10.00 Å². The maximum atomic E-state index is 4.36. The molecular weight excluding hydrogens is 226 g/mol. The molecule has 0 radical (unpaired) electrons. The Balaban J connectivity index is 1.95. The minimum absolute atomic E-state index is 0.0916. The van der Waals surface area contributed by atoms with E-state index in [1.807, 2.05) is 6.20 Å². The Morgan fingerprint density at radius 2 is 2.06 bits per heavy atom. The van der Waals surface area contributed by atoms with Gasteiger partial charge < -0.3 is 4.98 Å². The molecule has 0 aliphatic rings. The van der Waals surface area contributed by atoms with Gasteiger partial charge >= 0.3 is 0 Å². The highest BCUT2D eigenvalue weighted by atomic mass is 15.2. The zero-order valence-corrected chi connectivity index (χ0v) is 11.5. The second kappa shape index (κ2) is 4.94. The van der Waals surface area contributed by atoms with E-state index in [1.165, 1.54) is 0 Å². The molecule has 18 heavy (non-hydrogen) atoms. The molecule has 2 aromatic heterocycles. The molecule has 0 spiro atoms. The van der Waals surface area contributed by atoms with Crippen LogP contribution in [0, 0.1) is 0 Å². The molecule has 0 saturated carbocycles. The van der Waals surface area contributed by atoms with E-state index in [0.29, 0.717) is 0 Å². The Hall–Kier alpha value is -1.62. The SMILES string of the molecule is CN(Cc1cc(C(C)(C)C)n[nH]1)Cc1ncc[nH]1. The highest BCUT2D eigenvalue weighted by molar-refractivity contribution is 5.16. The molecule has 0 saturated heterocycles. The van der Waals surface area contributed by atoms with E-state index >= 15 is 0 Å². The summed E-state index contributed by atoms with van der Waals surface area (Å²) in [6.07, 6.45) is 3.62. The lowest BCUT2D eigenvalue weighted by Gasteiger charge is -2.14. The second-order valence-corrected chi connectivity index (χ2v) is 5.74. The van der Waals surface area contributed by atoms with Crippen LogP contribution in [0.5, 0.6) is 0 Å². The monoisotopic (exact) mass is 247 g/mol. The van der Waals surface area contributed by atoms with Gasteiger partial charge in [-0.2, -0.15) is 5.10 Å². The Labute approximate surface area is 108 Å². The van der Waals surface area contributed by atoms with Crippen molar-refractivity contribution in [1.82, 2.24) is 25.1 Å². The smallest absolute Gasteiger partial charge is 0.120 e. The zero-order valence-electron chi connectivity index (χ0n) is 11.5. The number of imidazole rings is 1. The predicted molar refractivity (Wildman–Crippen MR) is 71.0 cm³/mol. The molecule has 2 heterocycles. The van der Waals surface area contributed by atoms with Gasteiger partial charge in [0.1, 0.15) is 5.82 Å². The number of nitrogens with one attached hydrogen (secondary N) is 2. The van der Waals surface area contributed by atoms with Crippen molar-refractivity contribution in [2.45, 2.75) is 39.3 Å². The molecule has 2 rings (SSSR count). The van der Waals surface area contributed by atoms with E-state index in [2.05, 4.69) is 59.0 Å². The first-order valence-corrected chi connectivity index (χ1v) is 6.17. The maximum absolute atomic E-state index is 4.36. The van der Waals surface area contributed by atoms with Gasteiger partial charge in [-0.25, -0.2) is 4.98 Å². The summed E-state index contributed by atoms with van der Waals surface area (Å²) >= 11 is 0. The third-order valence-corrected chi connectivity index (χ3v) is 2.81. The van der Waals surface area contributed by atoms with Crippen LogP contribution in [0.1, 0.15) is 38.0 Å². The van der Waals surface area contributed by atoms with Crippen LogP contribution in [0.4, 0.5) is 0 Å². The molecule has 0 unspecified atom stereocenters. The quantitative estimate of drug-likeness (QED) is 0.869. The zero-order chi connectivity index (χ0) is 13.2. The van der Waals surface area contributed by atoms with E-state index in [-0.39, 0.29) is 5.41 Å². The van der Waals surface area contributed by atoms with Crippen LogP contribution in [-0.4, -0.2) is 32.1 Å². The lowest BCUT2D eigenvalue weighted by Crippen LogP contribution is -2.18. The molecule has 2 N–H and O–H groups in total. The van der Waals surface area contributed by atoms with Gasteiger partial charge in [0, 0.05) is 30.0 Å². The van der Waals surface area contributed by atoms with E-state index in [0.717, 1.165) is 30.3 Å². The van der Waals surface area contributed by atoms with Crippen LogP contribution in [0.3, 0.4) is 0 Å². The molecule has 0 aliphatic carbocycles. The standard InChI is InChI=1S/C13H21N5/c1-13(2,3)11-7-10(16-17-11)8-18(4)9-12-14-5-6-15-12/h5-7H,8-9H2,1-4H3,(H,14,15)(H,16,17). The highest BCUT2D eigenvalue weighted by Gasteiger charge is 2.17. The van der Waals surface area contributed by atoms with E-state index in [1.54, 1.807) is 6.20 Å². The maximum Gasteiger partial charge on any atom is 0.120 e. The van der Waals surface area contributed by atoms with Crippen LogP contribution in [0.15, 0.2) is 18.5 Å². The number of hydrogen-bond donors (Lipinski definition) is 2. The summed E-state index contributed by atoms with van der Waals surface area (Å²) in [6.45, 7) is 8.14. The average Bonchev–Trinajstić information content (AvgIpc) is 2.87. The normalized spacial score (nSPS) is 12.3. The Morgan fingerprint density at radius 3 is 2.61 bits per heavy atom. The number of H-pyrrole nitrogens is 2. The van der Waals surface area contributed by atoms with Crippen molar-refractivity contribution in [1.29, 1.82) is 0 Å². The topological polar surface area (TPSA) is 60.6 Å². The van der Waals surface area contributed by atoms with E-state index in [4.69, 9.17) is 0 Å². The van der Waals surface area contributed by atoms with Crippen molar-refractivity contribution in [3.05, 3.63) is 35.7 Å². The second-order valence-electron chi connectivity index (χ2n) is 5.74. The van der Waals surface area contributed by atoms with Gasteiger partial charge in [0.25, 0.3) is 0 Å². The molecule has 0 atom stereocenters. The highest BCUT2D eigenvalue weighted by Crippen LogP contribution is 2.20. The van der Waals surface area contributed by atoms with Crippen LogP contribution in [-0.2, 0) is 18.5 Å². The van der Waals surface area contributed by atoms with Crippen molar-refractivity contribution < 1.29 is 0 Å². The van der Waals surface area contributed by atoms with Crippen molar-refractivity contribution in [3.63, 3.8) is 0 Å². The molecule has 0 amide bonds. The van der Waals surface area contributed by atoms with Crippen LogP contribution in [0.25, 0.3) is 0 Å². The molecule has 0 aliphatic heterocycles. The molecule has 5 heteroatoms. The third-order valence-electron chi connectivity index (χ3n) is 2.81. The molecule has 2 aromatic rings. The van der Waals surface area contributed by atoms with Crippen LogP contribution < -0.4 is 0 Å². The Morgan fingerprint density at radius 1 is 1.28 bits per heavy atom. The summed E-state index contributed by atoms with van der Waals surface area (Å²) in [5, 5.41) is 7.46. The number of nitrogens with zero attached hydrogens (tertiary/aromatic N) is 3. The number of hydrogen-bond acceptors (Lipinski definition) is 3. The number of aromatic amines is 2. The Kier molecular flexibility index (Phi) is 3.52.